The van der Waals surface area contributed by atoms with Gasteiger partial charge in [0.15, 0.2) is 0 Å². The van der Waals surface area contributed by atoms with Crippen LogP contribution in [0.25, 0.3) is 0 Å². The lowest BCUT2D eigenvalue weighted by molar-refractivity contribution is 0.0699. The van der Waals surface area contributed by atoms with Gasteiger partial charge in [-0.15, -0.1) is 0 Å². The van der Waals surface area contributed by atoms with Crippen LogP contribution in [0.2, 0.25) is 0 Å². The molecule has 0 N–H and O–H groups in total. The minimum atomic E-state index is -3.70. The van der Waals surface area contributed by atoms with Crippen LogP contribution < -0.4 is 0 Å². The molecule has 0 aromatic carbocycles. The summed E-state index contributed by atoms with van der Waals surface area (Å²) in [6.45, 7) is 7.85. The Morgan fingerprint density at radius 1 is 1.26 bits per heavy atom. The number of phosphoric acid groups is 1. The summed E-state index contributed by atoms with van der Waals surface area (Å²) in [6.07, 6.45) is 0.0144. The van der Waals surface area contributed by atoms with Gasteiger partial charge in [0.2, 0.25) is 3.79 Å². The fourth-order valence-corrected chi connectivity index (χ4v) is 4.13. The summed E-state index contributed by atoms with van der Waals surface area (Å²) in [5, 5.41) is 0. The van der Waals surface area contributed by atoms with Crippen molar-refractivity contribution in [1.29, 1.82) is 0 Å². The smallest absolute Gasteiger partial charge is 0.287 e. The number of rotatable bonds is 7. The van der Waals surface area contributed by atoms with E-state index in [1.54, 1.807) is 13.8 Å². The van der Waals surface area contributed by atoms with Crippen LogP contribution >= 0.6 is 42.6 Å². The number of alkyl halides is 3. The highest BCUT2D eigenvalue weighted by atomic mass is 35.6. The lowest BCUT2D eigenvalue weighted by Gasteiger charge is -2.29. The van der Waals surface area contributed by atoms with E-state index in [-0.39, 0.29) is 24.5 Å². The quantitative estimate of drug-likeness (QED) is 0.479. The van der Waals surface area contributed by atoms with Crippen molar-refractivity contribution in [1.82, 2.24) is 0 Å². The SMILES string of the molecule is CCOP(=O)(OCC)OC(C1CC1(C)C)C(Cl)(Cl)Cl. The standard InChI is InChI=1S/C11H20Cl3O4P/c1-5-16-19(15,17-6-2)18-9(11(12,13)14)8-7-10(8,3)4/h8-9H,5-7H2,1-4H3. The molecule has 1 aliphatic rings. The van der Waals surface area contributed by atoms with Crippen molar-refractivity contribution in [2.75, 3.05) is 13.2 Å². The topological polar surface area (TPSA) is 44.8 Å². The Bertz CT molecular complexity index is 346. The third kappa shape index (κ3) is 5.03. The first-order valence-corrected chi connectivity index (χ1v) is 8.79. The van der Waals surface area contributed by atoms with E-state index in [0.29, 0.717) is 0 Å². The summed E-state index contributed by atoms with van der Waals surface area (Å²) in [7, 11) is -3.70. The molecule has 0 spiro atoms. The molecule has 2 unspecified atom stereocenters. The van der Waals surface area contributed by atoms with Gasteiger partial charge in [-0.1, -0.05) is 48.7 Å². The Morgan fingerprint density at radius 3 is 1.95 bits per heavy atom. The van der Waals surface area contributed by atoms with Crippen LogP contribution in [0, 0.1) is 11.3 Å². The number of hydrogen-bond acceptors (Lipinski definition) is 4. The van der Waals surface area contributed by atoms with Gasteiger partial charge in [-0.2, -0.15) is 0 Å². The summed E-state index contributed by atoms with van der Waals surface area (Å²) < 4.78 is 26.3. The van der Waals surface area contributed by atoms with Crippen LogP contribution in [0.15, 0.2) is 0 Å². The fraction of sp³-hybridized carbons (Fsp3) is 1.00. The van der Waals surface area contributed by atoms with E-state index in [2.05, 4.69) is 0 Å². The van der Waals surface area contributed by atoms with Crippen molar-refractivity contribution in [2.45, 2.75) is 44.0 Å². The molecule has 2 atom stereocenters. The Morgan fingerprint density at radius 2 is 1.68 bits per heavy atom. The second-order valence-corrected chi connectivity index (χ2v) is 9.14. The largest absolute Gasteiger partial charge is 0.475 e. The van der Waals surface area contributed by atoms with E-state index in [4.69, 9.17) is 48.4 Å². The molecule has 1 rings (SSSR count). The Kier molecular flexibility index (Phi) is 6.07. The summed E-state index contributed by atoms with van der Waals surface area (Å²) in [6, 6.07) is 0. The van der Waals surface area contributed by atoms with Gasteiger partial charge in [-0.05, 0) is 31.6 Å². The molecule has 4 nitrogen and oxygen atoms in total. The average Bonchev–Trinajstić information content (AvgIpc) is 2.83. The summed E-state index contributed by atoms with van der Waals surface area (Å²) >= 11 is 17.8. The lowest BCUT2D eigenvalue weighted by atomic mass is 10.1. The zero-order valence-electron chi connectivity index (χ0n) is 11.5. The second-order valence-electron chi connectivity index (χ2n) is 5.15. The minimum Gasteiger partial charge on any atom is -0.287 e. The van der Waals surface area contributed by atoms with E-state index in [9.17, 15) is 4.57 Å². The zero-order valence-corrected chi connectivity index (χ0v) is 14.7. The molecule has 0 amide bonds. The summed E-state index contributed by atoms with van der Waals surface area (Å²) in [5.41, 5.74) is -0.00214. The van der Waals surface area contributed by atoms with Gasteiger partial charge in [-0.25, -0.2) is 4.57 Å². The molecule has 0 aromatic heterocycles. The first-order chi connectivity index (χ1) is 8.56. The third-order valence-electron chi connectivity index (χ3n) is 3.09. The molecule has 0 saturated heterocycles. The molecule has 0 radical (unpaired) electrons. The maximum atomic E-state index is 12.4. The van der Waals surface area contributed by atoms with Crippen LogP contribution in [-0.4, -0.2) is 23.1 Å². The molecule has 0 heterocycles. The molecule has 0 aliphatic heterocycles. The Labute approximate surface area is 129 Å². The Balaban J connectivity index is 2.85. The van der Waals surface area contributed by atoms with Crippen molar-refractivity contribution in [3.63, 3.8) is 0 Å². The minimum absolute atomic E-state index is 0.00214. The predicted molar refractivity (Wildman–Crippen MR) is 77.9 cm³/mol. The molecule has 0 bridgehead atoms. The second kappa shape index (κ2) is 6.39. The first-order valence-electron chi connectivity index (χ1n) is 6.20. The van der Waals surface area contributed by atoms with Crippen molar-refractivity contribution >= 4 is 42.6 Å². The molecule has 114 valence electrons. The molecule has 0 aromatic rings. The first kappa shape index (κ1) is 18.0. The van der Waals surface area contributed by atoms with Gasteiger partial charge < -0.3 is 0 Å². The van der Waals surface area contributed by atoms with Crippen LogP contribution in [0.4, 0.5) is 0 Å². The summed E-state index contributed by atoms with van der Waals surface area (Å²) in [5.74, 6) is 0.00855. The molecule has 1 aliphatic carbocycles. The van der Waals surface area contributed by atoms with Crippen molar-refractivity contribution in [3.8, 4) is 0 Å². The molecule has 1 fully saturated rings. The number of phosphoric ester groups is 1. The maximum absolute atomic E-state index is 12.4. The molecular weight excluding hydrogens is 333 g/mol. The molecule has 8 heteroatoms. The Hall–Kier alpha value is 0.980. The van der Waals surface area contributed by atoms with Crippen LogP contribution in [0.1, 0.15) is 34.1 Å². The van der Waals surface area contributed by atoms with Crippen LogP contribution in [0.5, 0.6) is 0 Å². The molecule has 1 saturated carbocycles. The summed E-state index contributed by atoms with van der Waals surface area (Å²) in [4.78, 5) is 0. The maximum Gasteiger partial charge on any atom is 0.475 e. The van der Waals surface area contributed by atoms with Gasteiger partial charge in [0.1, 0.15) is 6.10 Å². The van der Waals surface area contributed by atoms with Gasteiger partial charge in [0.05, 0.1) is 13.2 Å². The van der Waals surface area contributed by atoms with Gasteiger partial charge in [-0.3, -0.25) is 13.6 Å². The van der Waals surface area contributed by atoms with Gasteiger partial charge in [0.25, 0.3) is 0 Å². The van der Waals surface area contributed by atoms with E-state index in [1.165, 1.54) is 0 Å². The fourth-order valence-electron chi connectivity index (χ4n) is 1.94. The number of hydrogen-bond donors (Lipinski definition) is 0. The highest BCUT2D eigenvalue weighted by molar-refractivity contribution is 7.48. The molecular formula is C11H20Cl3O4P. The van der Waals surface area contributed by atoms with E-state index < -0.39 is 17.7 Å². The lowest BCUT2D eigenvalue weighted by Crippen LogP contribution is -2.32. The average molecular weight is 354 g/mol. The van der Waals surface area contributed by atoms with Crippen molar-refractivity contribution in [2.24, 2.45) is 11.3 Å². The van der Waals surface area contributed by atoms with Crippen molar-refractivity contribution in [3.05, 3.63) is 0 Å². The van der Waals surface area contributed by atoms with Crippen LogP contribution in [-0.2, 0) is 18.1 Å². The van der Waals surface area contributed by atoms with Crippen molar-refractivity contribution < 1.29 is 18.1 Å². The highest BCUT2D eigenvalue weighted by Crippen LogP contribution is 2.63. The highest BCUT2D eigenvalue weighted by Gasteiger charge is 2.58. The zero-order chi connectivity index (χ0) is 14.9. The van der Waals surface area contributed by atoms with E-state index in [1.807, 2.05) is 13.8 Å². The monoisotopic (exact) mass is 352 g/mol. The normalized spacial score (nSPS) is 24.3. The van der Waals surface area contributed by atoms with Gasteiger partial charge >= 0.3 is 7.82 Å². The third-order valence-corrected chi connectivity index (χ3v) is 5.37. The molecule has 19 heavy (non-hydrogen) atoms. The predicted octanol–water partition coefficient (Wildman–Crippen LogP) is 4.97. The van der Waals surface area contributed by atoms with Crippen LogP contribution in [0.3, 0.4) is 0 Å². The van der Waals surface area contributed by atoms with Gasteiger partial charge in [0, 0.05) is 0 Å². The van der Waals surface area contributed by atoms with E-state index in [0.717, 1.165) is 6.42 Å². The van der Waals surface area contributed by atoms with E-state index >= 15 is 0 Å². The number of halogens is 3.